The Bertz CT molecular complexity index is 2140. The van der Waals surface area contributed by atoms with Gasteiger partial charge in [0.05, 0.1) is 11.1 Å². The Kier molecular flexibility index (Phi) is 5.04. The fraction of sp³-hybridized carbons (Fsp3) is 0. The minimum Gasteiger partial charge on any atom is -0.456 e. The summed E-state index contributed by atoms with van der Waals surface area (Å²) < 4.78 is 8.90. The van der Waals surface area contributed by atoms with Crippen LogP contribution in [0.25, 0.3) is 53.2 Å². The smallest absolute Gasteiger partial charge is 0.137 e. The van der Waals surface area contributed by atoms with Crippen LogP contribution in [0.5, 0.6) is 0 Å². The Hall–Kier alpha value is -4.86. The summed E-state index contributed by atoms with van der Waals surface area (Å²) >= 11 is 1.85. The summed E-state index contributed by atoms with van der Waals surface area (Å²) in [5, 5.41) is 4.87. The maximum absolute atomic E-state index is 6.25. The molecule has 8 rings (SSSR count). The number of para-hydroxylation sites is 2. The lowest BCUT2D eigenvalue weighted by Crippen LogP contribution is -2.10. The van der Waals surface area contributed by atoms with Gasteiger partial charge in [-0.2, -0.15) is 0 Å². The van der Waals surface area contributed by atoms with Crippen LogP contribution in [0.3, 0.4) is 0 Å². The van der Waals surface area contributed by atoms with Crippen LogP contribution in [0.4, 0.5) is 17.1 Å². The molecule has 0 unspecified atom stereocenters. The van der Waals surface area contributed by atoms with E-state index in [0.717, 1.165) is 39.0 Å². The molecule has 0 spiro atoms. The first-order valence-electron chi connectivity index (χ1n) is 13.1. The van der Waals surface area contributed by atoms with Gasteiger partial charge < -0.3 is 9.32 Å². The van der Waals surface area contributed by atoms with Crippen molar-refractivity contribution in [2.45, 2.75) is 0 Å². The van der Waals surface area contributed by atoms with E-state index < -0.39 is 0 Å². The van der Waals surface area contributed by atoms with E-state index in [9.17, 15) is 0 Å². The number of hydrogen-bond donors (Lipinski definition) is 0. The van der Waals surface area contributed by atoms with E-state index >= 15 is 0 Å². The van der Waals surface area contributed by atoms with Crippen molar-refractivity contribution in [3.63, 3.8) is 0 Å². The molecule has 2 aromatic heterocycles. The van der Waals surface area contributed by atoms with E-state index in [1.807, 2.05) is 23.5 Å². The molecule has 0 saturated carbocycles. The first kappa shape index (κ1) is 22.2. The van der Waals surface area contributed by atoms with E-state index in [1.165, 1.54) is 31.3 Å². The predicted molar refractivity (Wildman–Crippen MR) is 167 cm³/mol. The van der Waals surface area contributed by atoms with Gasteiger partial charge in [0.2, 0.25) is 0 Å². The molecule has 2 heterocycles. The maximum atomic E-state index is 6.25. The topological polar surface area (TPSA) is 16.4 Å². The molecule has 0 aliphatic carbocycles. The summed E-state index contributed by atoms with van der Waals surface area (Å²) in [4.78, 5) is 2.34. The zero-order chi connectivity index (χ0) is 25.8. The van der Waals surface area contributed by atoms with Crippen LogP contribution in [-0.2, 0) is 0 Å². The van der Waals surface area contributed by atoms with Crippen molar-refractivity contribution >= 4 is 70.5 Å². The number of thiophene rings is 1. The summed E-state index contributed by atoms with van der Waals surface area (Å²) in [5.41, 5.74) is 7.50. The van der Waals surface area contributed by atoms with Gasteiger partial charge >= 0.3 is 0 Å². The number of nitrogens with zero attached hydrogens (tertiary/aromatic N) is 1. The Balaban J connectivity index is 1.34. The average Bonchev–Trinajstić information content (AvgIpc) is 3.56. The Labute approximate surface area is 230 Å². The number of benzene rings is 6. The second-order valence-corrected chi connectivity index (χ2v) is 10.9. The molecule has 6 aromatic carbocycles. The second kappa shape index (κ2) is 8.87. The molecular weight excluding hydrogens is 494 g/mol. The molecule has 0 aliphatic heterocycles. The van der Waals surface area contributed by atoms with Crippen LogP contribution < -0.4 is 4.90 Å². The second-order valence-electron chi connectivity index (χ2n) is 9.78. The van der Waals surface area contributed by atoms with Gasteiger partial charge in [-0.15, -0.1) is 11.3 Å². The number of anilines is 3. The van der Waals surface area contributed by atoms with Gasteiger partial charge in [0.15, 0.2) is 0 Å². The molecule has 184 valence electrons. The highest BCUT2D eigenvalue weighted by Crippen LogP contribution is 2.44. The van der Waals surface area contributed by atoms with Crippen LogP contribution in [0.2, 0.25) is 0 Å². The summed E-state index contributed by atoms with van der Waals surface area (Å²) in [6.07, 6.45) is 0. The zero-order valence-electron chi connectivity index (χ0n) is 21.0. The lowest BCUT2D eigenvalue weighted by atomic mass is 10.0. The molecule has 0 fully saturated rings. The highest BCUT2D eigenvalue weighted by molar-refractivity contribution is 7.25. The van der Waals surface area contributed by atoms with Crippen LogP contribution in [0, 0.1) is 0 Å². The third kappa shape index (κ3) is 3.63. The van der Waals surface area contributed by atoms with Gasteiger partial charge in [0.1, 0.15) is 11.2 Å². The summed E-state index contributed by atoms with van der Waals surface area (Å²) in [7, 11) is 0. The summed E-state index contributed by atoms with van der Waals surface area (Å²) in [6.45, 7) is 0. The van der Waals surface area contributed by atoms with E-state index in [-0.39, 0.29) is 0 Å². The fourth-order valence-corrected chi connectivity index (χ4v) is 6.76. The number of hydrogen-bond acceptors (Lipinski definition) is 3. The van der Waals surface area contributed by atoms with E-state index in [4.69, 9.17) is 4.42 Å². The fourth-order valence-electron chi connectivity index (χ4n) is 5.68. The molecule has 39 heavy (non-hydrogen) atoms. The van der Waals surface area contributed by atoms with Crippen molar-refractivity contribution in [3.05, 3.63) is 140 Å². The number of fused-ring (bicyclic) bond motifs is 6. The lowest BCUT2D eigenvalue weighted by molar-refractivity contribution is 0.669. The van der Waals surface area contributed by atoms with Crippen molar-refractivity contribution in [1.29, 1.82) is 0 Å². The van der Waals surface area contributed by atoms with Crippen molar-refractivity contribution in [3.8, 4) is 11.1 Å². The largest absolute Gasteiger partial charge is 0.456 e. The third-order valence-corrected chi connectivity index (χ3v) is 8.60. The molecule has 2 nitrogen and oxygen atoms in total. The van der Waals surface area contributed by atoms with Crippen LogP contribution in [0.1, 0.15) is 0 Å². The standard InChI is InChI=1S/C36H23NOS/c1-2-11-26(12-3-1)37(31-16-9-18-33-36(31)29-15-4-6-17-32(29)38-33)27-13-8-10-24(22-27)25-20-21-35-30(23-25)28-14-5-7-19-34(28)39-35/h1-23H. The van der Waals surface area contributed by atoms with Gasteiger partial charge in [-0.3, -0.25) is 0 Å². The normalized spacial score (nSPS) is 11.6. The van der Waals surface area contributed by atoms with E-state index in [1.54, 1.807) is 0 Å². The van der Waals surface area contributed by atoms with Crippen LogP contribution >= 0.6 is 11.3 Å². The van der Waals surface area contributed by atoms with Gasteiger partial charge in [-0.25, -0.2) is 0 Å². The maximum Gasteiger partial charge on any atom is 0.137 e. The molecule has 8 aromatic rings. The molecule has 0 N–H and O–H groups in total. The van der Waals surface area contributed by atoms with Crippen molar-refractivity contribution in [1.82, 2.24) is 0 Å². The minimum absolute atomic E-state index is 0.889. The first-order valence-corrected chi connectivity index (χ1v) is 13.9. The quantitative estimate of drug-likeness (QED) is 0.231. The van der Waals surface area contributed by atoms with Crippen molar-refractivity contribution < 1.29 is 4.42 Å². The van der Waals surface area contributed by atoms with E-state index in [2.05, 4.69) is 132 Å². The first-order chi connectivity index (χ1) is 19.3. The van der Waals surface area contributed by atoms with Gasteiger partial charge in [0, 0.05) is 36.9 Å². The predicted octanol–water partition coefficient (Wildman–Crippen LogP) is 11.1. The highest BCUT2D eigenvalue weighted by atomic mass is 32.1. The molecular formula is C36H23NOS. The monoisotopic (exact) mass is 517 g/mol. The lowest BCUT2D eigenvalue weighted by Gasteiger charge is -2.26. The van der Waals surface area contributed by atoms with E-state index in [0.29, 0.717) is 0 Å². The number of rotatable bonds is 4. The molecule has 3 heteroatoms. The molecule has 0 atom stereocenters. The molecule has 0 amide bonds. The minimum atomic E-state index is 0.889. The molecule has 0 radical (unpaired) electrons. The van der Waals surface area contributed by atoms with Crippen molar-refractivity contribution in [2.75, 3.05) is 4.90 Å². The molecule has 0 aliphatic rings. The van der Waals surface area contributed by atoms with Crippen LogP contribution in [0.15, 0.2) is 144 Å². The van der Waals surface area contributed by atoms with Crippen molar-refractivity contribution in [2.24, 2.45) is 0 Å². The molecule has 0 saturated heterocycles. The Morgan fingerprint density at radius 1 is 0.462 bits per heavy atom. The third-order valence-electron chi connectivity index (χ3n) is 7.45. The van der Waals surface area contributed by atoms with Gasteiger partial charge in [0.25, 0.3) is 0 Å². The SMILES string of the molecule is c1ccc(N(c2cccc(-c3ccc4sc5ccccc5c4c3)c2)c2cccc3oc4ccccc4c23)cc1. The van der Waals surface area contributed by atoms with Gasteiger partial charge in [-0.05, 0) is 71.8 Å². The van der Waals surface area contributed by atoms with Gasteiger partial charge in [-0.1, -0.05) is 78.9 Å². The Morgan fingerprint density at radius 2 is 1.15 bits per heavy atom. The Morgan fingerprint density at radius 3 is 2.08 bits per heavy atom. The highest BCUT2D eigenvalue weighted by Gasteiger charge is 2.19. The summed E-state index contributed by atoms with van der Waals surface area (Å²) in [5.74, 6) is 0. The zero-order valence-corrected chi connectivity index (χ0v) is 21.9. The summed E-state index contributed by atoms with van der Waals surface area (Å²) in [6, 6.07) is 49.5. The average molecular weight is 518 g/mol. The van der Waals surface area contributed by atoms with Crippen LogP contribution in [-0.4, -0.2) is 0 Å². The molecule has 0 bridgehead atoms. The number of furan rings is 1.